The Balaban J connectivity index is 2.08. The first-order valence-electron chi connectivity index (χ1n) is 5.81. The minimum Gasteiger partial charge on any atom is -0.465 e. The lowest BCUT2D eigenvalue weighted by Crippen LogP contribution is -2.02. The van der Waals surface area contributed by atoms with Gasteiger partial charge in [-0.3, -0.25) is 0 Å². The summed E-state index contributed by atoms with van der Waals surface area (Å²) in [7, 11) is 1.38. The van der Waals surface area contributed by atoms with Crippen LogP contribution in [0.4, 0.5) is 0 Å². The lowest BCUT2D eigenvalue weighted by atomic mass is 10.3. The minimum atomic E-state index is -0.343. The molecule has 0 saturated carbocycles. The molecule has 0 atom stereocenters. The van der Waals surface area contributed by atoms with Gasteiger partial charge in [0.15, 0.2) is 0 Å². The summed E-state index contributed by atoms with van der Waals surface area (Å²) in [6.07, 6.45) is 3.66. The Bertz CT molecular complexity index is 758. The highest BCUT2D eigenvalue weighted by molar-refractivity contribution is 7.15. The summed E-state index contributed by atoms with van der Waals surface area (Å²) >= 11 is 1.70. The van der Waals surface area contributed by atoms with Gasteiger partial charge >= 0.3 is 5.97 Å². The van der Waals surface area contributed by atoms with E-state index in [0.717, 1.165) is 16.2 Å². The number of hydrogen-bond acceptors (Lipinski definition) is 4. The molecule has 0 N–H and O–H groups in total. The first-order valence-corrected chi connectivity index (χ1v) is 6.63. The number of ether oxygens (including phenoxy) is 1. The molecule has 3 rings (SSSR count). The van der Waals surface area contributed by atoms with Crippen LogP contribution in [0.1, 0.15) is 15.2 Å². The number of thiophene rings is 1. The van der Waals surface area contributed by atoms with Crippen molar-refractivity contribution in [1.29, 1.82) is 0 Å². The maximum Gasteiger partial charge on any atom is 0.339 e. The first kappa shape index (κ1) is 11.9. The molecule has 0 radical (unpaired) electrons. The number of carbonyl (C=O) groups is 1. The Morgan fingerprint density at radius 1 is 1.26 bits per heavy atom. The van der Waals surface area contributed by atoms with Gasteiger partial charge in [0.1, 0.15) is 5.65 Å². The molecule has 0 unspecified atom stereocenters. The molecular weight excluding hydrogens is 260 g/mol. The average molecular weight is 272 g/mol. The van der Waals surface area contributed by atoms with Crippen molar-refractivity contribution in [2.45, 2.75) is 6.92 Å². The van der Waals surface area contributed by atoms with Gasteiger partial charge in [-0.1, -0.05) is 0 Å². The minimum absolute atomic E-state index is 0.343. The van der Waals surface area contributed by atoms with Gasteiger partial charge in [-0.25, -0.2) is 9.78 Å². The molecule has 4 nitrogen and oxygen atoms in total. The number of aryl methyl sites for hydroxylation is 1. The highest BCUT2D eigenvalue weighted by Gasteiger charge is 2.09. The number of fused-ring (bicyclic) bond motifs is 1. The number of esters is 1. The van der Waals surface area contributed by atoms with E-state index in [9.17, 15) is 4.79 Å². The normalized spacial score (nSPS) is 10.8. The van der Waals surface area contributed by atoms with Gasteiger partial charge in [-0.2, -0.15) is 0 Å². The molecule has 3 heterocycles. The Labute approximate surface area is 114 Å². The van der Waals surface area contributed by atoms with Crippen LogP contribution in [0.2, 0.25) is 0 Å². The zero-order valence-electron chi connectivity index (χ0n) is 10.6. The smallest absolute Gasteiger partial charge is 0.339 e. The molecule has 0 amide bonds. The van der Waals surface area contributed by atoms with Crippen molar-refractivity contribution in [2.75, 3.05) is 7.11 Å². The summed E-state index contributed by atoms with van der Waals surface area (Å²) in [5, 5.41) is 0. The quantitative estimate of drug-likeness (QED) is 0.673. The lowest BCUT2D eigenvalue weighted by Gasteiger charge is -1.99. The summed E-state index contributed by atoms with van der Waals surface area (Å²) in [6.45, 7) is 2.07. The van der Waals surface area contributed by atoms with Crippen molar-refractivity contribution >= 4 is 23.0 Å². The Kier molecular flexibility index (Phi) is 2.83. The highest BCUT2D eigenvalue weighted by atomic mass is 32.1. The van der Waals surface area contributed by atoms with E-state index in [-0.39, 0.29) is 5.97 Å². The summed E-state index contributed by atoms with van der Waals surface area (Å²) in [4.78, 5) is 18.4. The van der Waals surface area contributed by atoms with Crippen molar-refractivity contribution in [3.05, 3.63) is 47.1 Å². The standard InChI is InChI=1S/C14H12N2O2S/c1-9-3-5-12(19-9)11-8-16-7-10(14(17)18-2)4-6-13(16)15-11/h3-8H,1-2H3. The van der Waals surface area contributed by atoms with Gasteiger partial charge in [-0.05, 0) is 31.2 Å². The van der Waals surface area contributed by atoms with Gasteiger partial charge in [0.25, 0.3) is 0 Å². The predicted octanol–water partition coefficient (Wildman–Crippen LogP) is 3.16. The molecule has 3 aromatic rings. The van der Waals surface area contributed by atoms with Gasteiger partial charge in [0, 0.05) is 17.3 Å². The monoisotopic (exact) mass is 272 g/mol. The largest absolute Gasteiger partial charge is 0.465 e. The Morgan fingerprint density at radius 2 is 2.11 bits per heavy atom. The molecule has 0 aliphatic carbocycles. The summed E-state index contributed by atoms with van der Waals surface area (Å²) in [6, 6.07) is 7.67. The van der Waals surface area contributed by atoms with Crippen LogP contribution < -0.4 is 0 Å². The molecule has 0 aromatic carbocycles. The molecule has 0 saturated heterocycles. The van der Waals surface area contributed by atoms with Crippen LogP contribution in [0.5, 0.6) is 0 Å². The van der Waals surface area contributed by atoms with Crippen molar-refractivity contribution in [1.82, 2.24) is 9.38 Å². The van der Waals surface area contributed by atoms with E-state index in [1.807, 2.05) is 16.7 Å². The van der Waals surface area contributed by atoms with Crippen LogP contribution in [-0.4, -0.2) is 22.5 Å². The average Bonchev–Trinajstić information content (AvgIpc) is 3.02. The first-order chi connectivity index (χ1) is 9.17. The highest BCUT2D eigenvalue weighted by Crippen LogP contribution is 2.27. The van der Waals surface area contributed by atoms with Crippen molar-refractivity contribution < 1.29 is 9.53 Å². The van der Waals surface area contributed by atoms with E-state index >= 15 is 0 Å². The van der Waals surface area contributed by atoms with Gasteiger partial charge < -0.3 is 9.14 Å². The number of hydrogen-bond donors (Lipinski definition) is 0. The van der Waals surface area contributed by atoms with E-state index in [0.29, 0.717) is 5.56 Å². The van der Waals surface area contributed by atoms with Crippen molar-refractivity contribution in [3.8, 4) is 10.6 Å². The number of carbonyl (C=O) groups excluding carboxylic acids is 1. The van der Waals surface area contributed by atoms with Crippen molar-refractivity contribution in [2.24, 2.45) is 0 Å². The molecule has 0 aliphatic rings. The fourth-order valence-corrected chi connectivity index (χ4v) is 2.74. The molecule has 96 valence electrons. The van der Waals surface area contributed by atoms with E-state index in [4.69, 9.17) is 4.74 Å². The Morgan fingerprint density at radius 3 is 2.79 bits per heavy atom. The van der Waals surface area contributed by atoms with Crippen LogP contribution in [0.3, 0.4) is 0 Å². The third-order valence-electron chi connectivity index (χ3n) is 2.86. The second kappa shape index (κ2) is 4.51. The van der Waals surface area contributed by atoms with Gasteiger partial charge in [0.05, 0.1) is 23.2 Å². The number of pyridine rings is 1. The van der Waals surface area contributed by atoms with E-state index in [1.54, 1.807) is 23.6 Å². The van der Waals surface area contributed by atoms with Crippen LogP contribution in [-0.2, 0) is 4.74 Å². The number of aromatic nitrogens is 2. The zero-order valence-corrected chi connectivity index (χ0v) is 11.4. The van der Waals surface area contributed by atoms with E-state index < -0.39 is 0 Å². The summed E-state index contributed by atoms with van der Waals surface area (Å²) in [5.41, 5.74) is 2.25. The fraction of sp³-hybridized carbons (Fsp3) is 0.143. The maximum atomic E-state index is 11.5. The SMILES string of the molecule is COC(=O)c1ccc2nc(-c3ccc(C)s3)cn2c1. The van der Waals surface area contributed by atoms with Gasteiger partial charge in [0.2, 0.25) is 0 Å². The van der Waals surface area contributed by atoms with Crippen LogP contribution in [0.25, 0.3) is 16.2 Å². The molecular formula is C14H12N2O2S. The molecule has 0 spiro atoms. The van der Waals surface area contributed by atoms with E-state index in [2.05, 4.69) is 24.0 Å². The second-order valence-corrected chi connectivity index (χ2v) is 5.50. The molecule has 5 heteroatoms. The molecule has 19 heavy (non-hydrogen) atoms. The third-order valence-corrected chi connectivity index (χ3v) is 3.89. The zero-order chi connectivity index (χ0) is 13.4. The summed E-state index contributed by atoms with van der Waals surface area (Å²) < 4.78 is 6.55. The molecule has 0 aliphatic heterocycles. The van der Waals surface area contributed by atoms with Gasteiger partial charge in [-0.15, -0.1) is 11.3 Å². The number of nitrogens with zero attached hydrogens (tertiary/aromatic N) is 2. The Hall–Kier alpha value is -2.14. The predicted molar refractivity (Wildman–Crippen MR) is 74.6 cm³/mol. The topological polar surface area (TPSA) is 43.6 Å². The number of rotatable bonds is 2. The molecule has 0 fully saturated rings. The van der Waals surface area contributed by atoms with Crippen molar-refractivity contribution in [3.63, 3.8) is 0 Å². The third kappa shape index (κ3) is 2.13. The second-order valence-electron chi connectivity index (χ2n) is 4.21. The van der Waals surface area contributed by atoms with Crippen LogP contribution in [0, 0.1) is 6.92 Å². The van der Waals surface area contributed by atoms with Crippen LogP contribution in [0.15, 0.2) is 36.7 Å². The fourth-order valence-electron chi connectivity index (χ4n) is 1.92. The lowest BCUT2D eigenvalue weighted by molar-refractivity contribution is 0.0600. The molecule has 0 bridgehead atoms. The van der Waals surface area contributed by atoms with Crippen LogP contribution >= 0.6 is 11.3 Å². The summed E-state index contributed by atoms with van der Waals surface area (Å²) in [5.74, 6) is -0.343. The maximum absolute atomic E-state index is 11.5. The number of methoxy groups -OCH3 is 1. The van der Waals surface area contributed by atoms with E-state index in [1.165, 1.54) is 12.0 Å². The molecule has 3 aromatic heterocycles. The number of imidazole rings is 1.